The Kier molecular flexibility index (Phi) is 11.8. The molecule has 0 aliphatic carbocycles. The van der Waals surface area contributed by atoms with Crippen LogP contribution in [0.5, 0.6) is 0 Å². The number of benzene rings is 3. The number of fused-ring (bicyclic) bond motifs is 1. The van der Waals surface area contributed by atoms with Gasteiger partial charge in [-0.2, -0.15) is 0 Å². The molecule has 222 valence electrons. The molecule has 0 aliphatic rings. The lowest BCUT2D eigenvalue weighted by molar-refractivity contribution is -0.162. The predicted octanol–water partition coefficient (Wildman–Crippen LogP) is 9.48. The fourth-order valence-electron chi connectivity index (χ4n) is 4.99. The lowest BCUT2D eigenvalue weighted by Crippen LogP contribution is -2.32. The fraction of sp³-hybridized carbons (Fsp3) is 0.500. The van der Waals surface area contributed by atoms with Gasteiger partial charge in [0.05, 0.1) is 18.4 Å². The molecule has 0 unspecified atom stereocenters. The average Bonchev–Trinajstić information content (AvgIpc) is 2.91. The Balaban J connectivity index is 1.73. The van der Waals surface area contributed by atoms with Crippen molar-refractivity contribution in [3.8, 4) is 11.1 Å². The number of carbonyl (C=O) groups excluding carboxylic acids is 2. The van der Waals surface area contributed by atoms with Gasteiger partial charge in [0, 0.05) is 8.07 Å². The van der Waals surface area contributed by atoms with Gasteiger partial charge < -0.3 is 9.47 Å². The molecule has 5 heteroatoms. The van der Waals surface area contributed by atoms with Crippen molar-refractivity contribution in [2.24, 2.45) is 11.8 Å². The highest BCUT2D eigenvalue weighted by Gasteiger charge is 2.31. The first-order valence-electron chi connectivity index (χ1n) is 15.3. The SMILES string of the molecule is CCCC[C@@H](C[C@@H](CCc1ccc(-c2ccc3ccccc3c2)cc1)C(=O)OCC[Si](C)(C)C)C(=O)OC(C)(C)C. The van der Waals surface area contributed by atoms with Gasteiger partial charge in [-0.3, -0.25) is 9.59 Å². The molecular weight excluding hydrogens is 524 g/mol. The van der Waals surface area contributed by atoms with Gasteiger partial charge in [-0.25, -0.2) is 0 Å². The van der Waals surface area contributed by atoms with Gasteiger partial charge in [0.1, 0.15) is 5.60 Å². The topological polar surface area (TPSA) is 52.6 Å². The van der Waals surface area contributed by atoms with Crippen molar-refractivity contribution in [1.29, 1.82) is 0 Å². The summed E-state index contributed by atoms with van der Waals surface area (Å²) in [4.78, 5) is 26.5. The maximum absolute atomic E-state index is 13.4. The second-order valence-corrected chi connectivity index (χ2v) is 19.2. The summed E-state index contributed by atoms with van der Waals surface area (Å²) in [5, 5.41) is 2.46. The monoisotopic (exact) mass is 574 g/mol. The number of aryl methyl sites for hydroxylation is 1. The van der Waals surface area contributed by atoms with E-state index in [0.29, 0.717) is 19.4 Å². The maximum Gasteiger partial charge on any atom is 0.309 e. The summed E-state index contributed by atoms with van der Waals surface area (Å²) in [7, 11) is -1.32. The second-order valence-electron chi connectivity index (χ2n) is 13.6. The lowest BCUT2D eigenvalue weighted by atomic mass is 9.86. The molecule has 0 aliphatic heterocycles. The molecule has 3 aromatic carbocycles. The third kappa shape index (κ3) is 11.1. The van der Waals surface area contributed by atoms with Crippen LogP contribution in [0.4, 0.5) is 0 Å². The molecular formula is C36H50O4Si. The first-order chi connectivity index (χ1) is 19.3. The van der Waals surface area contributed by atoms with Crippen molar-refractivity contribution in [3.63, 3.8) is 0 Å². The van der Waals surface area contributed by atoms with Gasteiger partial charge in [-0.15, -0.1) is 0 Å². The fourth-order valence-corrected chi connectivity index (χ4v) is 5.71. The van der Waals surface area contributed by atoms with Gasteiger partial charge in [0.15, 0.2) is 0 Å². The zero-order valence-electron chi connectivity index (χ0n) is 26.3. The molecule has 0 bridgehead atoms. The van der Waals surface area contributed by atoms with Crippen molar-refractivity contribution in [3.05, 3.63) is 72.3 Å². The minimum absolute atomic E-state index is 0.180. The van der Waals surface area contributed by atoms with Crippen molar-refractivity contribution in [2.75, 3.05) is 6.61 Å². The van der Waals surface area contributed by atoms with Crippen LogP contribution in [0.3, 0.4) is 0 Å². The lowest BCUT2D eigenvalue weighted by Gasteiger charge is -2.26. The molecule has 41 heavy (non-hydrogen) atoms. The summed E-state index contributed by atoms with van der Waals surface area (Å²) in [6.07, 6.45) is 4.51. The van der Waals surface area contributed by atoms with E-state index in [2.05, 4.69) is 93.3 Å². The third-order valence-electron chi connectivity index (χ3n) is 7.46. The van der Waals surface area contributed by atoms with E-state index in [4.69, 9.17) is 9.47 Å². The molecule has 2 atom stereocenters. The van der Waals surface area contributed by atoms with Crippen LogP contribution < -0.4 is 0 Å². The molecule has 0 saturated carbocycles. The third-order valence-corrected chi connectivity index (χ3v) is 9.17. The van der Waals surface area contributed by atoms with Crippen LogP contribution in [-0.4, -0.2) is 32.2 Å². The standard InChI is InChI=1S/C36H50O4Si/c1-8-9-12-32(35(38)40-36(2,3)4)26-33(34(37)39-23-24-41(5,6)7)20-17-27-15-18-29(19-16-27)31-22-21-28-13-10-11-14-30(28)25-31/h10-11,13-16,18-19,21-22,25,32-33H,8-9,12,17,20,23-24,26H2,1-7H3/t32-,33+/m0/s1. The van der Waals surface area contributed by atoms with Crippen molar-refractivity contribution in [2.45, 2.75) is 97.5 Å². The summed E-state index contributed by atoms with van der Waals surface area (Å²) in [6, 6.07) is 24.5. The number of esters is 2. The Morgan fingerprint density at radius 1 is 0.805 bits per heavy atom. The number of carbonyl (C=O) groups is 2. The van der Waals surface area contributed by atoms with Crippen molar-refractivity contribution >= 4 is 30.8 Å². The highest BCUT2D eigenvalue weighted by Crippen LogP contribution is 2.28. The van der Waals surface area contributed by atoms with Gasteiger partial charge >= 0.3 is 11.9 Å². The first kappa shape index (κ1) is 32.6. The van der Waals surface area contributed by atoms with Crippen LogP contribution in [0.1, 0.15) is 65.4 Å². The van der Waals surface area contributed by atoms with Crippen LogP contribution >= 0.6 is 0 Å². The Bertz CT molecular complexity index is 1270. The molecule has 0 aromatic heterocycles. The number of hydrogen-bond acceptors (Lipinski definition) is 4. The van der Waals surface area contributed by atoms with E-state index in [1.54, 1.807) is 0 Å². The van der Waals surface area contributed by atoms with Crippen LogP contribution in [0.2, 0.25) is 25.7 Å². The average molecular weight is 575 g/mol. The molecule has 0 radical (unpaired) electrons. The number of rotatable bonds is 14. The Morgan fingerprint density at radius 3 is 2.07 bits per heavy atom. The molecule has 4 nitrogen and oxygen atoms in total. The Hall–Kier alpha value is -2.92. The van der Waals surface area contributed by atoms with E-state index < -0.39 is 13.7 Å². The molecule has 0 N–H and O–H groups in total. The summed E-state index contributed by atoms with van der Waals surface area (Å²) in [6.45, 7) is 15.1. The van der Waals surface area contributed by atoms with Gasteiger partial charge in [0.25, 0.3) is 0 Å². The quantitative estimate of drug-likeness (QED) is 0.142. The van der Waals surface area contributed by atoms with Crippen LogP contribution in [0, 0.1) is 11.8 Å². The smallest absolute Gasteiger partial charge is 0.309 e. The van der Waals surface area contributed by atoms with Crippen LogP contribution in [0.25, 0.3) is 21.9 Å². The first-order valence-corrected chi connectivity index (χ1v) is 19.0. The van der Waals surface area contributed by atoms with E-state index in [0.717, 1.165) is 31.7 Å². The van der Waals surface area contributed by atoms with E-state index in [1.165, 1.54) is 27.5 Å². The Morgan fingerprint density at radius 2 is 1.44 bits per heavy atom. The Labute approximate surface area is 248 Å². The van der Waals surface area contributed by atoms with Crippen molar-refractivity contribution < 1.29 is 19.1 Å². The van der Waals surface area contributed by atoms with Gasteiger partial charge in [0.2, 0.25) is 0 Å². The molecule has 0 amide bonds. The van der Waals surface area contributed by atoms with Crippen LogP contribution in [-0.2, 0) is 25.5 Å². The van der Waals surface area contributed by atoms with Gasteiger partial charge in [-0.1, -0.05) is 100 Å². The molecule has 3 aromatic rings. The van der Waals surface area contributed by atoms with Crippen molar-refractivity contribution in [1.82, 2.24) is 0 Å². The normalized spacial score (nSPS) is 13.5. The summed E-state index contributed by atoms with van der Waals surface area (Å²) in [5.74, 6) is -1.03. The molecule has 0 heterocycles. The largest absolute Gasteiger partial charge is 0.466 e. The highest BCUT2D eigenvalue weighted by atomic mass is 28.3. The summed E-state index contributed by atoms with van der Waals surface area (Å²) < 4.78 is 11.6. The van der Waals surface area contributed by atoms with Crippen LogP contribution in [0.15, 0.2) is 66.7 Å². The molecule has 0 spiro atoms. The minimum atomic E-state index is -1.32. The van der Waals surface area contributed by atoms with E-state index >= 15 is 0 Å². The second kappa shape index (κ2) is 14.8. The van der Waals surface area contributed by atoms with Gasteiger partial charge in [-0.05, 0) is 86.0 Å². The van der Waals surface area contributed by atoms with E-state index in [-0.39, 0.29) is 23.8 Å². The zero-order chi connectivity index (χ0) is 30.0. The molecule has 0 saturated heterocycles. The number of ether oxygens (including phenoxy) is 2. The summed E-state index contributed by atoms with van der Waals surface area (Å²) in [5.41, 5.74) is 2.99. The predicted molar refractivity (Wildman–Crippen MR) is 174 cm³/mol. The maximum atomic E-state index is 13.4. The highest BCUT2D eigenvalue weighted by molar-refractivity contribution is 6.76. The number of hydrogen-bond donors (Lipinski definition) is 0. The van der Waals surface area contributed by atoms with E-state index in [1.807, 2.05) is 20.8 Å². The molecule has 3 rings (SSSR count). The minimum Gasteiger partial charge on any atom is -0.466 e. The van der Waals surface area contributed by atoms with E-state index in [9.17, 15) is 9.59 Å². The number of unbranched alkanes of at least 4 members (excludes halogenated alkanes) is 1. The molecule has 0 fully saturated rings. The zero-order valence-corrected chi connectivity index (χ0v) is 27.3. The summed E-state index contributed by atoms with van der Waals surface area (Å²) >= 11 is 0.